The van der Waals surface area contributed by atoms with Crippen LogP contribution in [0.1, 0.15) is 12.5 Å². The smallest absolute Gasteiger partial charge is 0.322 e. The Morgan fingerprint density at radius 2 is 1.95 bits per heavy atom. The molecular formula is C13H16ClN5O. The number of anilines is 1. The van der Waals surface area contributed by atoms with Gasteiger partial charge in [-0.2, -0.15) is 15.0 Å². The lowest BCUT2D eigenvalue weighted by atomic mass is 10.2. The second kappa shape index (κ2) is 7.00. The average Bonchev–Trinajstić information content (AvgIpc) is 2.45. The predicted molar refractivity (Wildman–Crippen MR) is 77.2 cm³/mol. The third-order valence-electron chi connectivity index (χ3n) is 2.68. The van der Waals surface area contributed by atoms with E-state index < -0.39 is 0 Å². The molecule has 106 valence electrons. The molecule has 0 atom stereocenters. The summed E-state index contributed by atoms with van der Waals surface area (Å²) in [5, 5.41) is 0.134. The molecule has 0 fully saturated rings. The minimum absolute atomic E-state index is 0.134. The zero-order valence-corrected chi connectivity index (χ0v) is 12.2. The SMILES string of the molecule is CCOc1nc(Cl)nc(N(C)CCc2ccncc2)n1. The van der Waals surface area contributed by atoms with E-state index in [1.54, 1.807) is 12.4 Å². The highest BCUT2D eigenvalue weighted by molar-refractivity contribution is 6.28. The van der Waals surface area contributed by atoms with E-state index in [4.69, 9.17) is 16.3 Å². The van der Waals surface area contributed by atoms with E-state index >= 15 is 0 Å². The standard InChI is InChI=1S/C13H16ClN5O/c1-3-20-13-17-11(14)16-12(18-13)19(2)9-6-10-4-7-15-8-5-10/h4-5,7-8H,3,6,9H2,1-2H3. The summed E-state index contributed by atoms with van der Waals surface area (Å²) in [5.41, 5.74) is 1.21. The Labute approximate surface area is 122 Å². The lowest BCUT2D eigenvalue weighted by Crippen LogP contribution is -2.23. The van der Waals surface area contributed by atoms with Crippen LogP contribution in [0.15, 0.2) is 24.5 Å². The largest absolute Gasteiger partial charge is 0.464 e. The van der Waals surface area contributed by atoms with E-state index in [1.165, 1.54) is 5.56 Å². The van der Waals surface area contributed by atoms with Crippen molar-refractivity contribution in [3.63, 3.8) is 0 Å². The fourth-order valence-electron chi connectivity index (χ4n) is 1.63. The molecule has 0 N–H and O–H groups in total. The zero-order chi connectivity index (χ0) is 14.4. The second-order valence-corrected chi connectivity index (χ2v) is 4.49. The van der Waals surface area contributed by atoms with Gasteiger partial charge in [0.15, 0.2) is 0 Å². The van der Waals surface area contributed by atoms with Gasteiger partial charge in [-0.3, -0.25) is 4.98 Å². The van der Waals surface area contributed by atoms with Crippen LogP contribution in [-0.2, 0) is 6.42 Å². The van der Waals surface area contributed by atoms with E-state index in [1.807, 2.05) is 31.0 Å². The molecule has 0 aliphatic carbocycles. The van der Waals surface area contributed by atoms with Gasteiger partial charge in [0, 0.05) is 26.0 Å². The molecule has 2 heterocycles. The lowest BCUT2D eigenvalue weighted by molar-refractivity contribution is 0.311. The highest BCUT2D eigenvalue weighted by atomic mass is 35.5. The van der Waals surface area contributed by atoms with Crippen molar-refractivity contribution in [2.75, 3.05) is 25.1 Å². The molecule has 2 aromatic rings. The van der Waals surface area contributed by atoms with Crippen molar-refractivity contribution in [1.82, 2.24) is 19.9 Å². The van der Waals surface area contributed by atoms with Gasteiger partial charge < -0.3 is 9.64 Å². The Hall–Kier alpha value is -1.95. The first-order chi connectivity index (χ1) is 9.69. The number of pyridine rings is 1. The third kappa shape index (κ3) is 4.03. The number of hydrogen-bond donors (Lipinski definition) is 0. The van der Waals surface area contributed by atoms with Crippen LogP contribution in [0.4, 0.5) is 5.95 Å². The van der Waals surface area contributed by atoms with E-state index in [0.717, 1.165) is 13.0 Å². The zero-order valence-electron chi connectivity index (χ0n) is 11.5. The average molecular weight is 294 g/mol. The molecule has 0 aliphatic heterocycles. The van der Waals surface area contributed by atoms with Crippen molar-refractivity contribution in [1.29, 1.82) is 0 Å². The van der Waals surface area contributed by atoms with E-state index in [0.29, 0.717) is 12.6 Å². The summed E-state index contributed by atoms with van der Waals surface area (Å²) in [6.07, 6.45) is 4.43. The number of nitrogens with zero attached hydrogens (tertiary/aromatic N) is 5. The van der Waals surface area contributed by atoms with Crippen molar-refractivity contribution in [2.24, 2.45) is 0 Å². The van der Waals surface area contributed by atoms with Crippen molar-refractivity contribution in [2.45, 2.75) is 13.3 Å². The number of rotatable bonds is 6. The van der Waals surface area contributed by atoms with Crippen molar-refractivity contribution >= 4 is 17.5 Å². The number of hydrogen-bond acceptors (Lipinski definition) is 6. The van der Waals surface area contributed by atoms with Gasteiger partial charge in [0.2, 0.25) is 11.2 Å². The first-order valence-electron chi connectivity index (χ1n) is 6.33. The third-order valence-corrected chi connectivity index (χ3v) is 2.84. The van der Waals surface area contributed by atoms with Crippen LogP contribution in [0, 0.1) is 0 Å². The maximum Gasteiger partial charge on any atom is 0.322 e. The van der Waals surface area contributed by atoms with E-state index in [-0.39, 0.29) is 11.3 Å². The molecule has 0 unspecified atom stereocenters. The van der Waals surface area contributed by atoms with Crippen molar-refractivity contribution < 1.29 is 4.74 Å². The summed E-state index contributed by atoms with van der Waals surface area (Å²) in [6, 6.07) is 4.22. The van der Waals surface area contributed by atoms with Crippen LogP contribution in [0.25, 0.3) is 0 Å². The molecular weight excluding hydrogens is 278 g/mol. The van der Waals surface area contributed by atoms with Crippen LogP contribution < -0.4 is 9.64 Å². The number of ether oxygens (including phenoxy) is 1. The number of aromatic nitrogens is 4. The molecule has 7 heteroatoms. The molecule has 0 spiro atoms. The maximum absolute atomic E-state index is 5.87. The summed E-state index contributed by atoms with van der Waals surface area (Å²) >= 11 is 5.87. The minimum Gasteiger partial charge on any atom is -0.464 e. The Morgan fingerprint density at radius 3 is 2.65 bits per heavy atom. The van der Waals surface area contributed by atoms with Crippen LogP contribution in [0.2, 0.25) is 5.28 Å². The molecule has 2 aromatic heterocycles. The van der Waals surface area contributed by atoms with Gasteiger partial charge in [-0.1, -0.05) is 0 Å². The summed E-state index contributed by atoms with van der Waals surface area (Å²) in [4.78, 5) is 18.1. The minimum atomic E-state index is 0.134. The molecule has 20 heavy (non-hydrogen) atoms. The molecule has 0 saturated heterocycles. The molecule has 0 saturated carbocycles. The van der Waals surface area contributed by atoms with Crippen LogP contribution in [0.3, 0.4) is 0 Å². The summed E-state index contributed by atoms with van der Waals surface area (Å²) in [7, 11) is 1.91. The first kappa shape index (κ1) is 14.5. The Morgan fingerprint density at radius 1 is 1.20 bits per heavy atom. The summed E-state index contributed by atoms with van der Waals surface area (Å²) in [5.74, 6) is 0.502. The van der Waals surface area contributed by atoms with Gasteiger partial charge in [-0.25, -0.2) is 0 Å². The molecule has 2 rings (SSSR count). The molecule has 0 aliphatic rings. The Bertz CT molecular complexity index is 552. The van der Waals surface area contributed by atoms with Gasteiger partial charge in [-0.15, -0.1) is 0 Å². The Kier molecular flexibility index (Phi) is 5.06. The highest BCUT2D eigenvalue weighted by Crippen LogP contribution is 2.14. The summed E-state index contributed by atoms with van der Waals surface area (Å²) < 4.78 is 5.26. The first-order valence-corrected chi connectivity index (χ1v) is 6.71. The lowest BCUT2D eigenvalue weighted by Gasteiger charge is -2.17. The van der Waals surface area contributed by atoms with Gasteiger partial charge in [0.25, 0.3) is 0 Å². The topological polar surface area (TPSA) is 64.0 Å². The molecule has 0 bridgehead atoms. The number of halogens is 1. The normalized spacial score (nSPS) is 10.3. The van der Waals surface area contributed by atoms with Crippen LogP contribution in [-0.4, -0.2) is 40.1 Å². The monoisotopic (exact) mass is 293 g/mol. The van der Waals surface area contributed by atoms with E-state index in [9.17, 15) is 0 Å². The number of likely N-dealkylation sites (N-methyl/N-ethyl adjacent to an activating group) is 1. The fraction of sp³-hybridized carbons (Fsp3) is 0.385. The second-order valence-electron chi connectivity index (χ2n) is 4.15. The molecule has 0 radical (unpaired) electrons. The fourth-order valence-corrected chi connectivity index (χ4v) is 1.78. The highest BCUT2D eigenvalue weighted by Gasteiger charge is 2.10. The molecule has 0 amide bonds. The van der Waals surface area contributed by atoms with Gasteiger partial charge in [0.1, 0.15) is 0 Å². The molecule has 6 nitrogen and oxygen atoms in total. The van der Waals surface area contributed by atoms with Crippen molar-refractivity contribution in [3.05, 3.63) is 35.4 Å². The Balaban J connectivity index is 2.03. The van der Waals surface area contributed by atoms with Gasteiger partial charge >= 0.3 is 6.01 Å². The maximum atomic E-state index is 5.87. The van der Waals surface area contributed by atoms with Gasteiger partial charge in [0.05, 0.1) is 6.61 Å². The predicted octanol–water partition coefficient (Wildman–Crippen LogP) is 2.00. The summed E-state index contributed by atoms with van der Waals surface area (Å²) in [6.45, 7) is 3.11. The van der Waals surface area contributed by atoms with Crippen LogP contribution >= 0.6 is 11.6 Å². The quantitative estimate of drug-likeness (QED) is 0.812. The molecule has 0 aromatic carbocycles. The van der Waals surface area contributed by atoms with Crippen molar-refractivity contribution in [3.8, 4) is 6.01 Å². The van der Waals surface area contributed by atoms with E-state index in [2.05, 4.69) is 19.9 Å². The van der Waals surface area contributed by atoms with Crippen LogP contribution in [0.5, 0.6) is 6.01 Å². The van der Waals surface area contributed by atoms with Gasteiger partial charge in [-0.05, 0) is 42.6 Å².